The predicted octanol–water partition coefficient (Wildman–Crippen LogP) is 7.02. The van der Waals surface area contributed by atoms with Gasteiger partial charge < -0.3 is 14.8 Å². The smallest absolute Gasteiger partial charge is 0.282 e. The van der Waals surface area contributed by atoms with Crippen LogP contribution in [0, 0.1) is 5.82 Å². The number of nitrogens with one attached hydrogen (secondary N) is 1. The maximum Gasteiger partial charge on any atom is 0.282 e. The highest BCUT2D eigenvalue weighted by molar-refractivity contribution is 9.13. The third kappa shape index (κ3) is 6.51. The third-order valence-electron chi connectivity index (χ3n) is 6.91. The van der Waals surface area contributed by atoms with Gasteiger partial charge in [0.25, 0.3) is 11.5 Å². The van der Waals surface area contributed by atoms with Crippen LogP contribution in [0.25, 0.3) is 10.9 Å². The molecule has 8 nitrogen and oxygen atoms in total. The van der Waals surface area contributed by atoms with Crippen LogP contribution in [0.5, 0.6) is 11.5 Å². The number of aromatic nitrogens is 2. The van der Waals surface area contributed by atoms with E-state index >= 15 is 0 Å². The summed E-state index contributed by atoms with van der Waals surface area (Å²) in [6, 6.07) is 14.5. The average molecular weight is 686 g/mol. The summed E-state index contributed by atoms with van der Waals surface area (Å²) in [7, 11) is 1.49. The van der Waals surface area contributed by atoms with Gasteiger partial charge >= 0.3 is 0 Å². The van der Waals surface area contributed by atoms with Crippen LogP contribution in [0.1, 0.15) is 49.4 Å². The largest absolute Gasteiger partial charge is 0.493 e. The van der Waals surface area contributed by atoms with E-state index in [4.69, 9.17) is 14.5 Å². The van der Waals surface area contributed by atoms with Gasteiger partial charge in [-0.1, -0.05) is 31.4 Å². The van der Waals surface area contributed by atoms with Gasteiger partial charge in [-0.3, -0.25) is 9.59 Å². The van der Waals surface area contributed by atoms with Gasteiger partial charge in [-0.25, -0.2) is 9.37 Å². The lowest BCUT2D eigenvalue weighted by Gasteiger charge is -2.22. The van der Waals surface area contributed by atoms with Crippen molar-refractivity contribution in [3.8, 4) is 11.5 Å². The fourth-order valence-electron chi connectivity index (χ4n) is 4.85. The summed E-state index contributed by atoms with van der Waals surface area (Å²) in [5.41, 5.74) is 1.51. The van der Waals surface area contributed by atoms with E-state index in [1.165, 1.54) is 42.5 Å². The number of ether oxygens (including phenoxy) is 2. The van der Waals surface area contributed by atoms with Crippen LogP contribution in [0.15, 0.2) is 73.4 Å². The van der Waals surface area contributed by atoms with Crippen molar-refractivity contribution in [2.45, 2.75) is 38.0 Å². The Bertz CT molecular complexity index is 1670. The summed E-state index contributed by atoms with van der Waals surface area (Å²) in [6.07, 6.45) is 6.87. The molecule has 3 aromatic carbocycles. The third-order valence-corrected chi connectivity index (χ3v) is 9.06. The van der Waals surface area contributed by atoms with Crippen molar-refractivity contribution >= 4 is 60.6 Å². The zero-order valence-corrected chi connectivity index (χ0v) is 25.4. The Kier molecular flexibility index (Phi) is 9.14. The highest BCUT2D eigenvalue weighted by Crippen LogP contribution is 2.42. The number of carbonyl (C=O) groups excluding carboxylic acids is 1. The van der Waals surface area contributed by atoms with Crippen LogP contribution in [0.4, 0.5) is 10.1 Å². The molecule has 4 aromatic rings. The number of benzene rings is 3. The van der Waals surface area contributed by atoms with E-state index in [0.717, 1.165) is 25.7 Å². The molecule has 5 rings (SSSR count). The molecule has 1 N–H and O–H groups in total. The molecule has 1 fully saturated rings. The number of nitrogens with zero attached hydrogens (tertiary/aromatic N) is 3. The molecule has 0 saturated heterocycles. The van der Waals surface area contributed by atoms with Crippen LogP contribution < -0.4 is 20.3 Å². The number of amides is 1. The van der Waals surface area contributed by atoms with E-state index in [2.05, 4.69) is 42.3 Å². The quantitative estimate of drug-likeness (QED) is 0.201. The number of hydrogen-bond donors (Lipinski definition) is 1. The predicted molar refractivity (Wildman–Crippen MR) is 164 cm³/mol. The van der Waals surface area contributed by atoms with E-state index in [0.29, 0.717) is 48.4 Å². The van der Waals surface area contributed by atoms with Crippen molar-refractivity contribution < 1.29 is 18.7 Å². The molecule has 212 valence electrons. The number of hydrogen-bond acceptors (Lipinski definition) is 6. The van der Waals surface area contributed by atoms with Crippen molar-refractivity contribution in [1.29, 1.82) is 0 Å². The summed E-state index contributed by atoms with van der Waals surface area (Å²) in [6.45, 7) is -0.310. The lowest BCUT2D eigenvalue weighted by atomic mass is 9.88. The number of rotatable bonds is 8. The Morgan fingerprint density at radius 2 is 1.85 bits per heavy atom. The second-order valence-electron chi connectivity index (χ2n) is 9.65. The maximum atomic E-state index is 13.5. The van der Waals surface area contributed by atoms with Crippen molar-refractivity contribution in [3.05, 3.63) is 91.1 Å². The number of halogens is 3. The highest BCUT2D eigenvalue weighted by Gasteiger charge is 2.23. The zero-order chi connectivity index (χ0) is 28.9. The number of fused-ring (bicyclic) bond motifs is 1. The topological polar surface area (TPSA) is 94.8 Å². The van der Waals surface area contributed by atoms with Gasteiger partial charge in [-0.15, -0.1) is 0 Å². The van der Waals surface area contributed by atoms with Gasteiger partial charge in [-0.2, -0.15) is 9.78 Å². The van der Waals surface area contributed by atoms with Crippen molar-refractivity contribution in [3.63, 3.8) is 0 Å². The number of anilines is 1. The van der Waals surface area contributed by atoms with E-state index in [1.54, 1.807) is 18.3 Å². The normalized spacial score (nSPS) is 14.0. The highest BCUT2D eigenvalue weighted by atomic mass is 79.9. The van der Waals surface area contributed by atoms with E-state index < -0.39 is 11.7 Å². The van der Waals surface area contributed by atoms with E-state index in [1.807, 2.05) is 18.2 Å². The van der Waals surface area contributed by atoms with Gasteiger partial charge in [0.1, 0.15) is 11.6 Å². The first kappa shape index (κ1) is 28.9. The molecule has 1 aromatic heterocycles. The number of carbonyl (C=O) groups is 1. The van der Waals surface area contributed by atoms with Crippen molar-refractivity contribution in [2.24, 2.45) is 5.10 Å². The Morgan fingerprint density at radius 3 is 2.59 bits per heavy atom. The van der Waals surface area contributed by atoms with Crippen molar-refractivity contribution in [2.75, 3.05) is 19.0 Å². The first-order chi connectivity index (χ1) is 19.9. The molecule has 1 aliphatic carbocycles. The SMILES string of the molecule is COc1cc(C=Nn2c(C3CCCCC3)nc3ccccc3c2=O)c(Br)c(Br)c1OCC(=O)Nc1ccc(F)cc1. The fourth-order valence-corrected chi connectivity index (χ4v) is 5.79. The monoisotopic (exact) mass is 684 g/mol. The molecule has 1 heterocycles. The first-order valence-electron chi connectivity index (χ1n) is 13.2. The summed E-state index contributed by atoms with van der Waals surface area (Å²) < 4.78 is 27.0. The fraction of sp³-hybridized carbons (Fsp3) is 0.267. The van der Waals surface area contributed by atoms with Crippen LogP contribution >= 0.6 is 31.9 Å². The second kappa shape index (κ2) is 12.9. The Hall–Kier alpha value is -3.57. The van der Waals surface area contributed by atoms with Gasteiger partial charge in [0.2, 0.25) is 0 Å². The van der Waals surface area contributed by atoms with Gasteiger partial charge in [0.05, 0.1) is 28.7 Å². The van der Waals surface area contributed by atoms with Gasteiger partial charge in [0, 0.05) is 21.6 Å². The second-order valence-corrected chi connectivity index (χ2v) is 11.2. The number of para-hydroxylation sites is 1. The molecule has 0 spiro atoms. The standard InChI is InChI=1S/C30H27Br2FN4O4/c1-40-24-15-19(26(31)27(32)28(24)41-17-25(38)35-21-13-11-20(33)12-14-21)16-34-37-29(18-7-3-2-4-8-18)36-23-10-6-5-9-22(23)30(37)39/h5-6,9-16,18H,2-4,7-8,17H2,1H3,(H,35,38). The van der Waals surface area contributed by atoms with Crippen LogP contribution in [0.3, 0.4) is 0 Å². The average Bonchev–Trinajstić information content (AvgIpc) is 2.99. The van der Waals surface area contributed by atoms with E-state index in [-0.39, 0.29) is 18.1 Å². The Morgan fingerprint density at radius 1 is 1.12 bits per heavy atom. The summed E-state index contributed by atoms with van der Waals surface area (Å²) in [5, 5.41) is 7.77. The molecule has 0 aliphatic heterocycles. The Balaban J connectivity index is 1.43. The van der Waals surface area contributed by atoms with Gasteiger partial charge in [0.15, 0.2) is 18.1 Å². The molecular weight excluding hydrogens is 659 g/mol. The van der Waals surface area contributed by atoms with Crippen LogP contribution in [0.2, 0.25) is 0 Å². The molecule has 0 atom stereocenters. The Labute approximate surface area is 252 Å². The molecule has 11 heteroatoms. The lowest BCUT2D eigenvalue weighted by molar-refractivity contribution is -0.118. The molecule has 41 heavy (non-hydrogen) atoms. The maximum absolute atomic E-state index is 13.5. The molecule has 1 amide bonds. The minimum absolute atomic E-state index is 0.153. The molecule has 1 aliphatic rings. The van der Waals surface area contributed by atoms with Gasteiger partial charge in [-0.05, 0) is 87.2 Å². The zero-order valence-electron chi connectivity index (χ0n) is 22.2. The number of methoxy groups -OCH3 is 1. The summed E-state index contributed by atoms with van der Waals surface area (Å²) in [4.78, 5) is 30.8. The molecule has 0 radical (unpaired) electrons. The van der Waals surface area contributed by atoms with Crippen molar-refractivity contribution in [1.82, 2.24) is 9.66 Å². The van der Waals surface area contributed by atoms with Crippen LogP contribution in [-0.4, -0.2) is 35.5 Å². The summed E-state index contributed by atoms with van der Waals surface area (Å²) in [5.74, 6) is 0.656. The molecule has 0 bridgehead atoms. The first-order valence-corrected chi connectivity index (χ1v) is 14.7. The van der Waals surface area contributed by atoms with E-state index in [9.17, 15) is 14.0 Å². The molecular formula is C30H27Br2FN4O4. The lowest BCUT2D eigenvalue weighted by Crippen LogP contribution is -2.25. The minimum atomic E-state index is -0.425. The molecule has 0 unspecified atom stereocenters. The van der Waals surface area contributed by atoms with Crippen LogP contribution in [-0.2, 0) is 4.79 Å². The minimum Gasteiger partial charge on any atom is -0.493 e. The summed E-state index contributed by atoms with van der Waals surface area (Å²) >= 11 is 7.11. The molecule has 1 saturated carbocycles.